The number of hydrogen-bond donors (Lipinski definition) is 3. The van der Waals surface area contributed by atoms with Crippen molar-refractivity contribution in [3.05, 3.63) is 63.8 Å². The SMILES string of the molecule is CC#Cc1ccc(-c2ccc(C(=O)C3CCC(C(Cc4cccc(O)c4)NC(N)=NC)CC34CCCC4)s2)s1. The maximum absolute atomic E-state index is 14.1. The van der Waals surface area contributed by atoms with Crippen LogP contribution in [-0.4, -0.2) is 29.9 Å². The van der Waals surface area contributed by atoms with Crippen LogP contribution in [0.5, 0.6) is 5.75 Å². The molecule has 2 aromatic heterocycles. The summed E-state index contributed by atoms with van der Waals surface area (Å²) in [6.07, 6.45) is 8.22. The Balaban J connectivity index is 1.36. The van der Waals surface area contributed by atoms with Crippen LogP contribution in [0.1, 0.15) is 72.0 Å². The maximum atomic E-state index is 14.1. The van der Waals surface area contributed by atoms with E-state index in [0.29, 0.717) is 17.7 Å². The van der Waals surface area contributed by atoms with Gasteiger partial charge >= 0.3 is 0 Å². The van der Waals surface area contributed by atoms with E-state index in [-0.39, 0.29) is 23.1 Å². The Kier molecular flexibility index (Phi) is 8.44. The molecule has 39 heavy (non-hydrogen) atoms. The van der Waals surface area contributed by atoms with E-state index in [1.54, 1.807) is 35.8 Å². The van der Waals surface area contributed by atoms with Crippen LogP contribution in [0.2, 0.25) is 0 Å². The molecular weight excluding hydrogens is 523 g/mol. The first-order valence-electron chi connectivity index (χ1n) is 13.8. The molecule has 2 aliphatic rings. The van der Waals surface area contributed by atoms with Crippen LogP contribution in [0.3, 0.4) is 0 Å². The second kappa shape index (κ2) is 12.0. The fraction of sp³-hybridized carbons (Fsp3) is 0.438. The van der Waals surface area contributed by atoms with Crippen molar-refractivity contribution in [1.82, 2.24) is 5.32 Å². The Morgan fingerprint density at radius 2 is 1.92 bits per heavy atom. The fourth-order valence-electron chi connectivity index (χ4n) is 6.80. The number of benzene rings is 1. The van der Waals surface area contributed by atoms with Crippen molar-refractivity contribution in [2.45, 2.75) is 64.3 Å². The number of hydrogen-bond acceptors (Lipinski definition) is 5. The zero-order valence-electron chi connectivity index (χ0n) is 22.7. The van der Waals surface area contributed by atoms with Crippen LogP contribution in [0.25, 0.3) is 9.75 Å². The van der Waals surface area contributed by atoms with E-state index in [1.807, 2.05) is 31.2 Å². The number of thiophene rings is 2. The van der Waals surface area contributed by atoms with E-state index >= 15 is 0 Å². The standard InChI is InChI=1S/C32H37N3O2S2/c1-3-7-24-11-13-27(38-24)28-14-15-29(39-28)30(37)25-12-10-22(20-32(25)16-4-5-17-32)26(35-31(33)34-2)19-21-8-6-9-23(36)18-21/h6,8-9,11,13-15,18,22,25-26,36H,4-5,10,12,16-17,19-20H2,1-2H3,(H3,33,34,35). The molecule has 2 heterocycles. The van der Waals surface area contributed by atoms with E-state index in [1.165, 1.54) is 17.7 Å². The first-order valence-corrected chi connectivity index (χ1v) is 15.5. The van der Waals surface area contributed by atoms with Gasteiger partial charge in [0.05, 0.1) is 9.75 Å². The van der Waals surface area contributed by atoms with Gasteiger partial charge in [-0.3, -0.25) is 9.79 Å². The predicted molar refractivity (Wildman–Crippen MR) is 163 cm³/mol. The lowest BCUT2D eigenvalue weighted by atomic mass is 9.59. The topological polar surface area (TPSA) is 87.7 Å². The number of Topliss-reactive ketones (excluding diaryl/α,β-unsaturated/α-hetero) is 1. The Labute approximate surface area is 239 Å². The van der Waals surface area contributed by atoms with Crippen molar-refractivity contribution in [2.75, 3.05) is 7.05 Å². The molecule has 2 saturated carbocycles. The molecule has 0 bridgehead atoms. The minimum Gasteiger partial charge on any atom is -0.508 e. The Morgan fingerprint density at radius 1 is 1.15 bits per heavy atom. The molecule has 1 spiro atoms. The van der Waals surface area contributed by atoms with Gasteiger partial charge in [-0.05, 0) is 98.7 Å². The number of aliphatic imine (C=N–C) groups is 1. The van der Waals surface area contributed by atoms with Gasteiger partial charge in [0.25, 0.3) is 0 Å². The summed E-state index contributed by atoms with van der Waals surface area (Å²) in [5.74, 6) is 7.57. The summed E-state index contributed by atoms with van der Waals surface area (Å²) in [5.41, 5.74) is 7.27. The summed E-state index contributed by atoms with van der Waals surface area (Å²) in [5, 5.41) is 13.5. The minimum absolute atomic E-state index is 0.0356. The highest BCUT2D eigenvalue weighted by Crippen LogP contribution is 2.56. The molecule has 0 amide bonds. The molecule has 3 aromatic rings. The number of nitrogens with zero attached hydrogens (tertiary/aromatic N) is 1. The van der Waals surface area contributed by atoms with Gasteiger partial charge in [-0.15, -0.1) is 28.6 Å². The largest absolute Gasteiger partial charge is 0.508 e. The van der Waals surface area contributed by atoms with Crippen molar-refractivity contribution in [2.24, 2.45) is 28.0 Å². The predicted octanol–water partition coefficient (Wildman–Crippen LogP) is 6.86. The van der Waals surface area contributed by atoms with Gasteiger partial charge in [0.1, 0.15) is 5.75 Å². The zero-order valence-corrected chi connectivity index (χ0v) is 24.3. The summed E-state index contributed by atoms with van der Waals surface area (Å²) in [7, 11) is 1.70. The van der Waals surface area contributed by atoms with Crippen molar-refractivity contribution in [3.8, 4) is 27.3 Å². The smallest absolute Gasteiger partial charge is 0.188 e. The maximum Gasteiger partial charge on any atom is 0.188 e. The summed E-state index contributed by atoms with van der Waals surface area (Å²) in [4.78, 5) is 22.5. The number of phenolic OH excluding ortho intramolecular Hbond substituents is 1. The third kappa shape index (κ3) is 6.08. The lowest BCUT2D eigenvalue weighted by molar-refractivity contribution is 0.0411. The number of rotatable bonds is 7. The molecule has 0 saturated heterocycles. The Morgan fingerprint density at radius 3 is 2.67 bits per heavy atom. The molecule has 3 unspecified atom stereocenters. The average Bonchev–Trinajstić information content (AvgIpc) is 3.70. The van der Waals surface area contributed by atoms with E-state index in [2.05, 4.69) is 40.3 Å². The van der Waals surface area contributed by atoms with Crippen molar-refractivity contribution in [3.63, 3.8) is 0 Å². The van der Waals surface area contributed by atoms with Crippen molar-refractivity contribution >= 4 is 34.4 Å². The van der Waals surface area contributed by atoms with Gasteiger partial charge < -0.3 is 16.2 Å². The quantitative estimate of drug-likeness (QED) is 0.128. The summed E-state index contributed by atoms with van der Waals surface area (Å²) in [6, 6.07) is 15.9. The Bertz CT molecular complexity index is 1400. The fourth-order valence-corrected chi connectivity index (χ4v) is 8.80. The third-order valence-corrected chi connectivity index (χ3v) is 10.9. The normalized spacial score (nSPS) is 21.3. The molecule has 204 valence electrons. The molecule has 7 heteroatoms. The number of phenols is 1. The number of carbonyl (C=O) groups excluding carboxylic acids is 1. The highest BCUT2D eigenvalue weighted by Gasteiger charge is 2.50. The molecular formula is C32H37N3O2S2. The second-order valence-electron chi connectivity index (χ2n) is 11.0. The number of nitrogens with two attached hydrogens (primary N) is 1. The molecule has 5 rings (SSSR count). The van der Waals surface area contributed by atoms with E-state index in [0.717, 1.165) is 58.7 Å². The molecule has 4 N–H and O–H groups in total. The van der Waals surface area contributed by atoms with Gasteiger partial charge in [0.2, 0.25) is 0 Å². The highest BCUT2D eigenvalue weighted by molar-refractivity contribution is 7.23. The molecule has 2 fully saturated rings. The molecule has 1 aromatic carbocycles. The monoisotopic (exact) mass is 559 g/mol. The van der Waals surface area contributed by atoms with Gasteiger partial charge in [0, 0.05) is 28.8 Å². The minimum atomic E-state index is 0.0356. The lowest BCUT2D eigenvalue weighted by Gasteiger charge is -2.46. The molecule has 3 atom stereocenters. The van der Waals surface area contributed by atoms with Crippen LogP contribution in [-0.2, 0) is 6.42 Å². The third-order valence-electron chi connectivity index (χ3n) is 8.61. The van der Waals surface area contributed by atoms with Gasteiger partial charge in [0.15, 0.2) is 11.7 Å². The van der Waals surface area contributed by atoms with Crippen LogP contribution in [0.15, 0.2) is 53.5 Å². The molecule has 0 aliphatic heterocycles. The number of ketones is 1. The number of nitrogens with one attached hydrogen (secondary N) is 1. The van der Waals surface area contributed by atoms with E-state index in [4.69, 9.17) is 5.73 Å². The summed E-state index contributed by atoms with van der Waals surface area (Å²) in [6.45, 7) is 1.85. The van der Waals surface area contributed by atoms with E-state index in [9.17, 15) is 9.90 Å². The van der Waals surface area contributed by atoms with Crippen LogP contribution in [0.4, 0.5) is 0 Å². The zero-order chi connectivity index (χ0) is 27.4. The number of carbonyl (C=O) groups is 1. The van der Waals surface area contributed by atoms with E-state index < -0.39 is 0 Å². The molecule has 0 radical (unpaired) electrons. The van der Waals surface area contributed by atoms with Crippen LogP contribution >= 0.6 is 22.7 Å². The van der Waals surface area contributed by atoms with Crippen molar-refractivity contribution < 1.29 is 9.90 Å². The van der Waals surface area contributed by atoms with Gasteiger partial charge in [-0.25, -0.2) is 0 Å². The molecule has 5 nitrogen and oxygen atoms in total. The number of aromatic hydroxyl groups is 1. The van der Waals surface area contributed by atoms with Crippen LogP contribution in [0, 0.1) is 29.1 Å². The van der Waals surface area contributed by atoms with Gasteiger partial charge in [-0.2, -0.15) is 0 Å². The lowest BCUT2D eigenvalue weighted by Crippen LogP contribution is -2.50. The highest BCUT2D eigenvalue weighted by atomic mass is 32.1. The van der Waals surface area contributed by atoms with Crippen molar-refractivity contribution in [1.29, 1.82) is 0 Å². The Hall–Kier alpha value is -3.08. The first kappa shape index (κ1) is 27.5. The van der Waals surface area contributed by atoms with Crippen LogP contribution < -0.4 is 11.1 Å². The second-order valence-corrected chi connectivity index (χ2v) is 13.1. The van der Waals surface area contributed by atoms with Gasteiger partial charge in [-0.1, -0.05) is 30.9 Å². The molecule has 2 aliphatic carbocycles. The summed E-state index contributed by atoms with van der Waals surface area (Å²) < 4.78 is 0. The number of guanidine groups is 1. The average molecular weight is 560 g/mol. The summed E-state index contributed by atoms with van der Waals surface area (Å²) >= 11 is 3.31. The first-order chi connectivity index (χ1) is 18.9.